The van der Waals surface area contributed by atoms with Crippen LogP contribution in [-0.2, 0) is 9.53 Å². The molecule has 17 heavy (non-hydrogen) atoms. The summed E-state index contributed by atoms with van der Waals surface area (Å²) in [5.74, 6) is -0.134. The molecule has 0 bridgehead atoms. The molecule has 1 aliphatic carbocycles. The van der Waals surface area contributed by atoms with Crippen molar-refractivity contribution in [1.29, 1.82) is 0 Å². The molecule has 3 heteroatoms. The number of rotatable bonds is 3. The van der Waals surface area contributed by atoms with Gasteiger partial charge in [-0.15, -0.1) is 0 Å². The molecule has 0 heterocycles. The summed E-state index contributed by atoms with van der Waals surface area (Å²) >= 11 is 0.418. The number of hydrogen-bond donors (Lipinski definition) is 0. The van der Waals surface area contributed by atoms with Crippen molar-refractivity contribution in [3.63, 3.8) is 0 Å². The summed E-state index contributed by atoms with van der Waals surface area (Å²) in [6.07, 6.45) is 4.86. The standard InChI is InChI=1S/C14H18O2Se/c1-11(15)16-13-9-5-6-10-14(13)17-12-7-3-2-4-8-12/h2-4,7-8,13-14H,5-6,9-10H2,1H3. The third kappa shape index (κ3) is 3.86. The molecule has 1 aromatic carbocycles. The van der Waals surface area contributed by atoms with E-state index in [1.165, 1.54) is 30.6 Å². The Morgan fingerprint density at radius 3 is 2.65 bits per heavy atom. The normalized spacial score (nSPS) is 24.3. The van der Waals surface area contributed by atoms with Gasteiger partial charge in [-0.3, -0.25) is 0 Å². The Bertz CT molecular complexity index is 364. The number of esters is 1. The molecule has 92 valence electrons. The zero-order valence-corrected chi connectivity index (χ0v) is 11.8. The first kappa shape index (κ1) is 12.7. The van der Waals surface area contributed by atoms with E-state index in [9.17, 15) is 4.79 Å². The van der Waals surface area contributed by atoms with E-state index in [0.29, 0.717) is 19.8 Å². The second kappa shape index (κ2) is 6.23. The van der Waals surface area contributed by atoms with Crippen LogP contribution in [0.2, 0.25) is 4.82 Å². The molecule has 0 spiro atoms. The fourth-order valence-electron chi connectivity index (χ4n) is 2.22. The summed E-state index contributed by atoms with van der Waals surface area (Å²) in [6, 6.07) is 10.6. The number of carbonyl (C=O) groups excluding carboxylic acids is 1. The van der Waals surface area contributed by atoms with Crippen LogP contribution in [0.25, 0.3) is 0 Å². The van der Waals surface area contributed by atoms with Crippen molar-refractivity contribution in [3.8, 4) is 0 Å². The predicted molar refractivity (Wildman–Crippen MR) is 69.6 cm³/mol. The minimum atomic E-state index is -0.134. The summed E-state index contributed by atoms with van der Waals surface area (Å²) in [7, 11) is 0. The van der Waals surface area contributed by atoms with Crippen molar-refractivity contribution in [1.82, 2.24) is 0 Å². The molecule has 1 aromatic rings. The van der Waals surface area contributed by atoms with Crippen LogP contribution in [-0.4, -0.2) is 27.0 Å². The van der Waals surface area contributed by atoms with Crippen LogP contribution >= 0.6 is 0 Å². The van der Waals surface area contributed by atoms with E-state index >= 15 is 0 Å². The quantitative estimate of drug-likeness (QED) is 0.632. The Labute approximate surface area is 109 Å². The minimum absolute atomic E-state index is 0.134. The van der Waals surface area contributed by atoms with E-state index in [1.807, 2.05) is 6.07 Å². The first-order valence-electron chi connectivity index (χ1n) is 6.14. The summed E-state index contributed by atoms with van der Waals surface area (Å²) in [6.45, 7) is 1.52. The molecule has 0 aliphatic heterocycles. The van der Waals surface area contributed by atoms with Crippen LogP contribution in [0.4, 0.5) is 0 Å². The molecule has 1 saturated carbocycles. The van der Waals surface area contributed by atoms with Gasteiger partial charge in [0.25, 0.3) is 0 Å². The fraction of sp³-hybridized carbons (Fsp3) is 0.500. The average Bonchev–Trinajstić information content (AvgIpc) is 2.32. The van der Waals surface area contributed by atoms with Gasteiger partial charge in [0.15, 0.2) is 0 Å². The molecule has 2 rings (SSSR count). The Morgan fingerprint density at radius 2 is 1.94 bits per heavy atom. The summed E-state index contributed by atoms with van der Waals surface area (Å²) < 4.78 is 6.86. The molecular formula is C14H18O2Se. The number of carbonyl (C=O) groups is 1. The molecule has 2 unspecified atom stereocenters. The van der Waals surface area contributed by atoms with Gasteiger partial charge in [0.2, 0.25) is 0 Å². The zero-order valence-electron chi connectivity index (χ0n) is 10.1. The first-order chi connectivity index (χ1) is 8.25. The average molecular weight is 297 g/mol. The van der Waals surface area contributed by atoms with Gasteiger partial charge in [0.05, 0.1) is 0 Å². The molecule has 0 amide bonds. The molecule has 2 nitrogen and oxygen atoms in total. The third-order valence-electron chi connectivity index (χ3n) is 2.99. The van der Waals surface area contributed by atoms with E-state index in [-0.39, 0.29) is 12.1 Å². The Morgan fingerprint density at radius 1 is 1.24 bits per heavy atom. The van der Waals surface area contributed by atoms with Crippen molar-refractivity contribution in [2.75, 3.05) is 0 Å². The van der Waals surface area contributed by atoms with Gasteiger partial charge >= 0.3 is 109 Å². The van der Waals surface area contributed by atoms with Gasteiger partial charge in [-0.1, -0.05) is 0 Å². The van der Waals surface area contributed by atoms with E-state index in [1.54, 1.807) is 0 Å². The zero-order chi connectivity index (χ0) is 12.1. The Balaban J connectivity index is 1.99. The van der Waals surface area contributed by atoms with Crippen LogP contribution < -0.4 is 4.46 Å². The van der Waals surface area contributed by atoms with Gasteiger partial charge < -0.3 is 0 Å². The fourth-order valence-corrected chi connectivity index (χ4v) is 4.93. The maximum absolute atomic E-state index is 11.1. The van der Waals surface area contributed by atoms with E-state index in [4.69, 9.17) is 4.74 Å². The van der Waals surface area contributed by atoms with Gasteiger partial charge in [-0.05, 0) is 0 Å². The molecule has 0 aromatic heterocycles. The van der Waals surface area contributed by atoms with Gasteiger partial charge in [-0.2, -0.15) is 0 Å². The van der Waals surface area contributed by atoms with Crippen molar-refractivity contribution in [2.24, 2.45) is 0 Å². The third-order valence-corrected chi connectivity index (χ3v) is 5.90. The van der Waals surface area contributed by atoms with Gasteiger partial charge in [0.1, 0.15) is 0 Å². The molecule has 1 fully saturated rings. The number of hydrogen-bond acceptors (Lipinski definition) is 2. The van der Waals surface area contributed by atoms with E-state index < -0.39 is 0 Å². The number of benzene rings is 1. The van der Waals surface area contributed by atoms with Crippen molar-refractivity contribution in [3.05, 3.63) is 30.3 Å². The summed E-state index contributed by atoms with van der Waals surface area (Å²) in [4.78, 5) is 11.7. The van der Waals surface area contributed by atoms with Gasteiger partial charge in [-0.25, -0.2) is 0 Å². The molecule has 0 saturated heterocycles. The van der Waals surface area contributed by atoms with Crippen LogP contribution in [0, 0.1) is 0 Å². The number of ether oxygens (including phenoxy) is 1. The van der Waals surface area contributed by atoms with Crippen LogP contribution in [0.3, 0.4) is 0 Å². The van der Waals surface area contributed by atoms with E-state index in [2.05, 4.69) is 24.3 Å². The molecule has 0 N–H and O–H groups in total. The van der Waals surface area contributed by atoms with E-state index in [0.717, 1.165) is 6.42 Å². The Hall–Kier alpha value is -0.791. The predicted octanol–water partition coefficient (Wildman–Crippen LogP) is 2.31. The van der Waals surface area contributed by atoms with Gasteiger partial charge in [0, 0.05) is 0 Å². The van der Waals surface area contributed by atoms with Crippen molar-refractivity contribution < 1.29 is 9.53 Å². The van der Waals surface area contributed by atoms with Crippen LogP contribution in [0.1, 0.15) is 32.6 Å². The molecular weight excluding hydrogens is 279 g/mol. The SMILES string of the molecule is CC(=O)OC1CCCCC1[Se]c1ccccc1. The Kier molecular flexibility index (Phi) is 4.64. The summed E-state index contributed by atoms with van der Waals surface area (Å²) in [5, 5.41) is 0. The molecule has 1 aliphatic rings. The first-order valence-corrected chi connectivity index (χ1v) is 7.99. The monoisotopic (exact) mass is 298 g/mol. The second-order valence-electron chi connectivity index (χ2n) is 4.40. The summed E-state index contributed by atoms with van der Waals surface area (Å²) in [5.41, 5.74) is 0. The van der Waals surface area contributed by atoms with Crippen LogP contribution in [0.5, 0.6) is 0 Å². The molecule has 2 atom stereocenters. The maximum atomic E-state index is 11.1. The second-order valence-corrected chi connectivity index (χ2v) is 7.16. The molecule has 0 radical (unpaired) electrons. The van der Waals surface area contributed by atoms with Crippen molar-refractivity contribution in [2.45, 2.75) is 43.5 Å². The topological polar surface area (TPSA) is 26.3 Å². The van der Waals surface area contributed by atoms with Crippen LogP contribution in [0.15, 0.2) is 30.3 Å². The van der Waals surface area contributed by atoms with Crippen molar-refractivity contribution >= 4 is 25.4 Å².